The molecule has 0 unspecified atom stereocenters. The van der Waals surface area contributed by atoms with Crippen LogP contribution in [0.4, 0.5) is 5.69 Å². The lowest BCUT2D eigenvalue weighted by Crippen LogP contribution is -2.40. The monoisotopic (exact) mass is 531 g/mol. The number of nitrogens with one attached hydrogen (secondary N) is 1. The van der Waals surface area contributed by atoms with Crippen LogP contribution in [0.3, 0.4) is 0 Å². The number of hydrogen-bond acceptors (Lipinski definition) is 7. The third-order valence-corrected chi connectivity index (χ3v) is 6.84. The van der Waals surface area contributed by atoms with Crippen LogP contribution in [0.2, 0.25) is 10.0 Å². The van der Waals surface area contributed by atoms with Crippen molar-refractivity contribution in [3.05, 3.63) is 94.6 Å². The quantitative estimate of drug-likeness (QED) is 0.467. The molecule has 0 saturated carbocycles. The van der Waals surface area contributed by atoms with E-state index < -0.39 is 18.0 Å². The number of carbonyl (C=O) groups is 2. The number of thiazole rings is 1. The van der Waals surface area contributed by atoms with E-state index in [2.05, 4.69) is 10.3 Å². The van der Waals surface area contributed by atoms with Gasteiger partial charge in [0.25, 0.3) is 5.56 Å². The third kappa shape index (κ3) is 4.88. The Hall–Kier alpha value is -3.40. The van der Waals surface area contributed by atoms with Gasteiger partial charge in [0.05, 0.1) is 40.2 Å². The van der Waals surface area contributed by atoms with Crippen molar-refractivity contribution in [2.75, 3.05) is 11.9 Å². The van der Waals surface area contributed by atoms with Gasteiger partial charge in [-0.25, -0.2) is 14.6 Å². The van der Waals surface area contributed by atoms with Gasteiger partial charge in [-0.15, -0.1) is 0 Å². The molecular formula is C24H19Cl2N3O5S. The Balaban J connectivity index is 1.85. The summed E-state index contributed by atoms with van der Waals surface area (Å²) in [6.07, 6.45) is 1.44. The van der Waals surface area contributed by atoms with E-state index in [0.717, 1.165) is 11.3 Å². The number of aromatic carboxylic acids is 1. The first-order valence-electron chi connectivity index (χ1n) is 10.4. The minimum Gasteiger partial charge on any atom is -0.478 e. The summed E-state index contributed by atoms with van der Waals surface area (Å²) in [5.74, 6) is -1.66. The van der Waals surface area contributed by atoms with E-state index >= 15 is 0 Å². The molecule has 1 aromatic heterocycles. The van der Waals surface area contributed by atoms with E-state index in [1.807, 2.05) is 0 Å². The number of rotatable bonds is 6. The molecule has 11 heteroatoms. The molecule has 1 aliphatic heterocycles. The molecule has 35 heavy (non-hydrogen) atoms. The van der Waals surface area contributed by atoms with Gasteiger partial charge in [-0.1, -0.05) is 46.7 Å². The number of fused-ring (bicyclic) bond motifs is 1. The Morgan fingerprint density at radius 2 is 1.94 bits per heavy atom. The van der Waals surface area contributed by atoms with Gasteiger partial charge in [-0.3, -0.25) is 9.36 Å². The van der Waals surface area contributed by atoms with E-state index in [4.69, 9.17) is 27.9 Å². The van der Waals surface area contributed by atoms with Gasteiger partial charge < -0.3 is 15.2 Å². The average molecular weight is 532 g/mol. The fraction of sp³-hybridized carbons (Fsp3) is 0.167. The van der Waals surface area contributed by atoms with E-state index in [1.165, 1.54) is 29.0 Å². The van der Waals surface area contributed by atoms with Gasteiger partial charge >= 0.3 is 11.9 Å². The topological polar surface area (TPSA) is 110 Å². The normalized spacial score (nSPS) is 15.4. The highest BCUT2D eigenvalue weighted by Crippen LogP contribution is 2.31. The Bertz CT molecular complexity index is 1540. The second-order valence-electron chi connectivity index (χ2n) is 7.50. The fourth-order valence-electron chi connectivity index (χ4n) is 3.66. The SMILES string of the molecule is CCOC(=O)C1=C(C)N=c2s/c(=C\Nc3cc(C(=O)O)ccc3Cl)c(=O)n2[C@H]1c1ccc(Cl)cc1. The van der Waals surface area contributed by atoms with Crippen LogP contribution < -0.4 is 20.2 Å². The van der Waals surface area contributed by atoms with Crippen LogP contribution in [-0.4, -0.2) is 28.2 Å². The summed E-state index contributed by atoms with van der Waals surface area (Å²) in [5, 5.41) is 13.0. The molecule has 0 fully saturated rings. The summed E-state index contributed by atoms with van der Waals surface area (Å²) in [6, 6.07) is 10.3. The van der Waals surface area contributed by atoms with Gasteiger partial charge in [-0.05, 0) is 49.7 Å². The molecule has 0 aliphatic carbocycles. The molecule has 0 bridgehead atoms. The molecular weight excluding hydrogens is 513 g/mol. The van der Waals surface area contributed by atoms with Crippen molar-refractivity contribution in [1.29, 1.82) is 0 Å². The number of aromatic nitrogens is 1. The molecule has 0 amide bonds. The van der Waals surface area contributed by atoms with Crippen molar-refractivity contribution in [1.82, 2.24) is 4.57 Å². The number of allylic oxidation sites excluding steroid dienone is 1. The van der Waals surface area contributed by atoms with Crippen LogP contribution in [0.15, 0.2) is 63.5 Å². The number of benzene rings is 2. The van der Waals surface area contributed by atoms with E-state index in [0.29, 0.717) is 31.8 Å². The van der Waals surface area contributed by atoms with Crippen molar-refractivity contribution < 1.29 is 19.4 Å². The first-order valence-corrected chi connectivity index (χ1v) is 12.0. The third-order valence-electron chi connectivity index (χ3n) is 5.27. The number of carbonyl (C=O) groups excluding carboxylic acids is 1. The first-order chi connectivity index (χ1) is 16.7. The highest BCUT2D eigenvalue weighted by Gasteiger charge is 2.33. The van der Waals surface area contributed by atoms with Crippen molar-refractivity contribution >= 4 is 58.4 Å². The molecule has 3 aromatic rings. The molecule has 0 spiro atoms. The van der Waals surface area contributed by atoms with Crippen LogP contribution >= 0.6 is 34.5 Å². The zero-order valence-electron chi connectivity index (χ0n) is 18.5. The van der Waals surface area contributed by atoms with Gasteiger partial charge in [0.2, 0.25) is 0 Å². The largest absolute Gasteiger partial charge is 0.478 e. The molecule has 1 aliphatic rings. The molecule has 180 valence electrons. The van der Waals surface area contributed by atoms with Gasteiger partial charge in [0, 0.05) is 11.2 Å². The lowest BCUT2D eigenvalue weighted by Gasteiger charge is -2.24. The van der Waals surface area contributed by atoms with Gasteiger partial charge in [-0.2, -0.15) is 0 Å². The Labute approximate surface area is 213 Å². The Morgan fingerprint density at radius 1 is 1.23 bits per heavy atom. The van der Waals surface area contributed by atoms with E-state index in [9.17, 15) is 19.5 Å². The molecule has 0 radical (unpaired) electrons. The highest BCUT2D eigenvalue weighted by molar-refractivity contribution is 7.07. The fourth-order valence-corrected chi connectivity index (χ4v) is 4.93. The highest BCUT2D eigenvalue weighted by atomic mass is 35.5. The number of nitrogens with zero attached hydrogens (tertiary/aromatic N) is 2. The molecule has 4 rings (SSSR count). The molecule has 1 atom stereocenters. The smallest absolute Gasteiger partial charge is 0.338 e. The summed E-state index contributed by atoms with van der Waals surface area (Å²) in [5.41, 5.74) is 1.37. The number of carboxylic acid groups (broad SMARTS) is 1. The molecule has 2 N–H and O–H groups in total. The second kappa shape index (κ2) is 10.1. The lowest BCUT2D eigenvalue weighted by molar-refractivity contribution is -0.139. The first kappa shape index (κ1) is 24.7. The number of esters is 1. The van der Waals surface area contributed by atoms with Crippen LogP contribution in [-0.2, 0) is 9.53 Å². The molecule has 0 saturated heterocycles. The van der Waals surface area contributed by atoms with Crippen LogP contribution in [0.5, 0.6) is 0 Å². The molecule has 2 aromatic carbocycles. The number of hydrogen-bond donors (Lipinski definition) is 2. The van der Waals surface area contributed by atoms with Gasteiger partial charge in [0.1, 0.15) is 4.53 Å². The summed E-state index contributed by atoms with van der Waals surface area (Å²) in [6.45, 7) is 3.58. The van der Waals surface area contributed by atoms with Crippen molar-refractivity contribution in [3.63, 3.8) is 0 Å². The predicted molar refractivity (Wildman–Crippen MR) is 135 cm³/mol. The maximum absolute atomic E-state index is 13.5. The second-order valence-corrected chi connectivity index (χ2v) is 9.35. The van der Waals surface area contributed by atoms with E-state index in [-0.39, 0.29) is 27.8 Å². The predicted octanol–water partition coefficient (Wildman–Crippen LogP) is 3.82. The molecule has 2 heterocycles. The zero-order chi connectivity index (χ0) is 25.3. The minimum absolute atomic E-state index is 0.0456. The van der Waals surface area contributed by atoms with Crippen molar-refractivity contribution in [2.45, 2.75) is 19.9 Å². The maximum atomic E-state index is 13.5. The van der Waals surface area contributed by atoms with Gasteiger partial charge in [0.15, 0.2) is 4.80 Å². The standard InChI is InChI=1S/C24H19Cl2N3O5S/c1-3-34-23(33)19-12(2)28-24-29(20(19)13-4-7-15(25)8-5-13)21(30)18(35-24)11-27-17-10-14(22(31)32)6-9-16(17)26/h4-11,20,27H,3H2,1-2H3,(H,31,32)/b18-11-/t20-/m0/s1. The Kier molecular flexibility index (Phi) is 7.11. The number of anilines is 1. The average Bonchev–Trinajstić information content (AvgIpc) is 3.13. The molecule has 8 nitrogen and oxygen atoms in total. The van der Waals surface area contributed by atoms with Crippen molar-refractivity contribution in [3.8, 4) is 0 Å². The minimum atomic E-state index is -1.10. The van der Waals surface area contributed by atoms with Crippen LogP contribution in [0.1, 0.15) is 35.8 Å². The van der Waals surface area contributed by atoms with Crippen LogP contribution in [0, 0.1) is 0 Å². The number of ether oxygens (including phenoxy) is 1. The number of halogens is 2. The summed E-state index contributed by atoms with van der Waals surface area (Å²) in [4.78, 5) is 42.5. The summed E-state index contributed by atoms with van der Waals surface area (Å²) in [7, 11) is 0. The maximum Gasteiger partial charge on any atom is 0.338 e. The number of carboxylic acids is 1. The van der Waals surface area contributed by atoms with E-state index in [1.54, 1.807) is 38.1 Å². The summed E-state index contributed by atoms with van der Waals surface area (Å²) < 4.78 is 6.99. The zero-order valence-corrected chi connectivity index (χ0v) is 20.9. The van der Waals surface area contributed by atoms with Crippen LogP contribution in [0.25, 0.3) is 6.20 Å². The Morgan fingerprint density at radius 3 is 2.60 bits per heavy atom. The van der Waals surface area contributed by atoms with Crippen molar-refractivity contribution in [2.24, 2.45) is 4.99 Å². The lowest BCUT2D eigenvalue weighted by atomic mass is 9.96. The summed E-state index contributed by atoms with van der Waals surface area (Å²) >= 11 is 13.4.